The SMILES string of the molecule is O=C(Nc1cccc(S(=O)(=O)Oc2c(F)c(F)c(F)c(F)c2F)c1)c1cc(C(F)(F)F)cnc1N1CCCCCC1. The van der Waals surface area contributed by atoms with Gasteiger partial charge in [-0.15, -0.1) is 0 Å². The Morgan fingerprint density at radius 2 is 1.46 bits per heavy atom. The molecular formula is C25H19F8N3O4S. The summed E-state index contributed by atoms with van der Waals surface area (Å²) in [6.07, 6.45) is -1.03. The van der Waals surface area contributed by atoms with E-state index in [-0.39, 0.29) is 11.5 Å². The predicted molar refractivity (Wildman–Crippen MR) is 128 cm³/mol. The van der Waals surface area contributed by atoms with E-state index in [0.29, 0.717) is 44.3 Å². The number of rotatable bonds is 6. The summed E-state index contributed by atoms with van der Waals surface area (Å²) in [5.74, 6) is -15.7. The van der Waals surface area contributed by atoms with E-state index in [1.807, 2.05) is 0 Å². The van der Waals surface area contributed by atoms with E-state index >= 15 is 0 Å². The fourth-order valence-corrected chi connectivity index (χ4v) is 5.04. The van der Waals surface area contributed by atoms with Crippen molar-refractivity contribution < 1.29 is 52.5 Å². The van der Waals surface area contributed by atoms with Crippen molar-refractivity contribution in [1.29, 1.82) is 0 Å². The first-order valence-corrected chi connectivity index (χ1v) is 13.3. The molecule has 0 aliphatic carbocycles. The largest absolute Gasteiger partial charge is 0.417 e. The van der Waals surface area contributed by atoms with E-state index in [4.69, 9.17) is 0 Å². The van der Waals surface area contributed by atoms with Crippen molar-refractivity contribution in [3.05, 3.63) is 76.7 Å². The normalized spacial score (nSPS) is 14.5. The van der Waals surface area contributed by atoms with Gasteiger partial charge in [-0.05, 0) is 37.1 Å². The molecule has 2 aromatic carbocycles. The van der Waals surface area contributed by atoms with Gasteiger partial charge in [-0.2, -0.15) is 30.4 Å². The number of nitrogens with zero attached hydrogens (tertiary/aromatic N) is 2. The molecule has 1 N–H and O–H groups in total. The van der Waals surface area contributed by atoms with E-state index in [1.54, 1.807) is 4.90 Å². The average molecular weight is 609 g/mol. The van der Waals surface area contributed by atoms with Crippen molar-refractivity contribution in [3.8, 4) is 5.75 Å². The first-order valence-electron chi connectivity index (χ1n) is 11.9. The van der Waals surface area contributed by atoms with Crippen LogP contribution in [-0.4, -0.2) is 32.4 Å². The zero-order chi connectivity index (χ0) is 30.1. The number of carbonyl (C=O) groups excluding carboxylic acids is 1. The van der Waals surface area contributed by atoms with Gasteiger partial charge in [0.2, 0.25) is 34.8 Å². The third-order valence-corrected chi connectivity index (χ3v) is 7.30. The maximum absolute atomic E-state index is 14.0. The molecule has 2 heterocycles. The van der Waals surface area contributed by atoms with Crippen LogP contribution in [0, 0.1) is 29.1 Å². The Labute approximate surface area is 227 Å². The number of nitrogens with one attached hydrogen (secondary N) is 1. The number of benzene rings is 2. The quantitative estimate of drug-likeness (QED) is 0.155. The van der Waals surface area contributed by atoms with Gasteiger partial charge in [-0.25, -0.2) is 18.2 Å². The number of hydrogen-bond donors (Lipinski definition) is 1. The maximum atomic E-state index is 14.0. The molecule has 1 saturated heterocycles. The summed E-state index contributed by atoms with van der Waals surface area (Å²) in [6, 6.07) is 4.32. The average Bonchev–Trinajstić information content (AvgIpc) is 3.22. The highest BCUT2D eigenvalue weighted by Crippen LogP contribution is 2.34. The van der Waals surface area contributed by atoms with Crippen LogP contribution in [0.4, 0.5) is 46.6 Å². The molecule has 1 fully saturated rings. The van der Waals surface area contributed by atoms with Gasteiger partial charge in [0.05, 0.1) is 11.1 Å². The van der Waals surface area contributed by atoms with Gasteiger partial charge in [0, 0.05) is 25.0 Å². The molecule has 4 rings (SSSR count). The lowest BCUT2D eigenvalue weighted by Gasteiger charge is -2.24. The lowest BCUT2D eigenvalue weighted by molar-refractivity contribution is -0.137. The summed E-state index contributed by atoms with van der Waals surface area (Å²) in [5.41, 5.74) is -1.96. The van der Waals surface area contributed by atoms with Gasteiger partial charge >= 0.3 is 16.3 Å². The molecule has 3 aromatic rings. The van der Waals surface area contributed by atoms with Crippen molar-refractivity contribution in [2.45, 2.75) is 36.8 Å². The van der Waals surface area contributed by atoms with Crippen molar-refractivity contribution in [2.75, 3.05) is 23.3 Å². The van der Waals surface area contributed by atoms with Crippen molar-refractivity contribution in [3.63, 3.8) is 0 Å². The molecule has 0 atom stereocenters. The molecule has 7 nitrogen and oxygen atoms in total. The molecule has 0 radical (unpaired) electrons. The Balaban J connectivity index is 1.66. The number of alkyl halides is 3. The van der Waals surface area contributed by atoms with Gasteiger partial charge in [-0.1, -0.05) is 18.9 Å². The molecule has 1 aliphatic heterocycles. The van der Waals surface area contributed by atoms with Crippen LogP contribution >= 0.6 is 0 Å². The molecule has 16 heteroatoms. The molecular weight excluding hydrogens is 590 g/mol. The zero-order valence-electron chi connectivity index (χ0n) is 20.7. The number of pyridine rings is 1. The standard InChI is InChI=1S/C25H19F8N3O4S/c26-17-18(27)20(29)22(21(30)19(17)28)40-41(38,39)15-7-5-6-14(11-15)35-24(37)16-10-13(25(31,32)33)12-34-23(16)36-8-3-1-2-4-9-36/h5-7,10-12H,1-4,8-9H2,(H,35,37). The van der Waals surface area contributed by atoms with Crippen LogP contribution in [0.25, 0.3) is 0 Å². The zero-order valence-corrected chi connectivity index (χ0v) is 21.5. The number of aromatic nitrogens is 1. The highest BCUT2D eigenvalue weighted by atomic mass is 32.2. The first kappa shape index (κ1) is 30.0. The summed E-state index contributed by atoms with van der Waals surface area (Å²) in [5, 5.41) is 2.25. The lowest BCUT2D eigenvalue weighted by Crippen LogP contribution is -2.29. The third-order valence-electron chi connectivity index (χ3n) is 6.09. The van der Waals surface area contributed by atoms with Crippen LogP contribution < -0.4 is 14.4 Å². The Morgan fingerprint density at radius 1 is 0.878 bits per heavy atom. The molecule has 1 aliphatic rings. The summed E-state index contributed by atoms with van der Waals surface area (Å²) >= 11 is 0. The number of hydrogen-bond acceptors (Lipinski definition) is 6. The van der Waals surface area contributed by atoms with E-state index in [2.05, 4.69) is 14.5 Å². The molecule has 220 valence electrons. The van der Waals surface area contributed by atoms with Crippen LogP contribution in [0.3, 0.4) is 0 Å². The highest BCUT2D eigenvalue weighted by molar-refractivity contribution is 7.87. The smallest absolute Gasteiger partial charge is 0.372 e. The molecule has 0 bridgehead atoms. The molecule has 1 amide bonds. The molecule has 41 heavy (non-hydrogen) atoms. The molecule has 1 aromatic heterocycles. The number of halogens is 8. The predicted octanol–water partition coefficient (Wildman–Crippen LogP) is 6.20. The minimum Gasteiger partial charge on any atom is -0.372 e. The van der Waals surface area contributed by atoms with Crippen LogP contribution in [0.5, 0.6) is 5.75 Å². The van der Waals surface area contributed by atoms with Crippen LogP contribution in [0.15, 0.2) is 41.4 Å². The van der Waals surface area contributed by atoms with Gasteiger partial charge in [-0.3, -0.25) is 4.79 Å². The summed E-state index contributed by atoms with van der Waals surface area (Å²) in [7, 11) is -5.24. The maximum Gasteiger partial charge on any atom is 0.417 e. The van der Waals surface area contributed by atoms with E-state index in [9.17, 15) is 48.3 Å². The molecule has 0 spiro atoms. The Bertz CT molecular complexity index is 1560. The van der Waals surface area contributed by atoms with Gasteiger partial charge in [0.15, 0.2) is 0 Å². The van der Waals surface area contributed by atoms with Crippen LogP contribution in [0.2, 0.25) is 0 Å². The topological polar surface area (TPSA) is 88.6 Å². The Kier molecular flexibility index (Phi) is 8.42. The third kappa shape index (κ3) is 6.36. The highest BCUT2D eigenvalue weighted by Gasteiger charge is 2.34. The lowest BCUT2D eigenvalue weighted by atomic mass is 10.1. The minimum atomic E-state index is -5.24. The van der Waals surface area contributed by atoms with Crippen LogP contribution in [-0.2, 0) is 16.3 Å². The van der Waals surface area contributed by atoms with Crippen molar-refractivity contribution >= 4 is 27.5 Å². The first-order chi connectivity index (χ1) is 19.2. The number of anilines is 2. The van der Waals surface area contributed by atoms with E-state index in [0.717, 1.165) is 31.0 Å². The summed E-state index contributed by atoms with van der Waals surface area (Å²) in [6.45, 7) is 0.864. The minimum absolute atomic E-state index is 0.0178. The fourth-order valence-electron chi connectivity index (χ4n) is 4.06. The summed E-state index contributed by atoms with van der Waals surface area (Å²) < 4.78 is 138. The van der Waals surface area contributed by atoms with Crippen molar-refractivity contribution in [1.82, 2.24) is 4.98 Å². The second-order valence-corrected chi connectivity index (χ2v) is 10.5. The molecule has 0 saturated carbocycles. The number of carbonyl (C=O) groups is 1. The Hall–Kier alpha value is -3.95. The van der Waals surface area contributed by atoms with Gasteiger partial charge in [0.1, 0.15) is 10.7 Å². The second-order valence-electron chi connectivity index (χ2n) is 8.91. The van der Waals surface area contributed by atoms with Gasteiger partial charge in [0.25, 0.3) is 5.91 Å². The fraction of sp³-hybridized carbons (Fsp3) is 0.280. The van der Waals surface area contributed by atoms with E-state index in [1.165, 1.54) is 0 Å². The van der Waals surface area contributed by atoms with Crippen molar-refractivity contribution in [2.24, 2.45) is 0 Å². The monoisotopic (exact) mass is 609 g/mol. The summed E-state index contributed by atoms with van der Waals surface area (Å²) in [4.78, 5) is 17.8. The number of amides is 1. The van der Waals surface area contributed by atoms with Gasteiger partial charge < -0.3 is 14.4 Å². The molecule has 0 unspecified atom stereocenters. The van der Waals surface area contributed by atoms with Crippen LogP contribution in [0.1, 0.15) is 41.6 Å². The Morgan fingerprint density at radius 3 is 2.05 bits per heavy atom. The second kappa shape index (κ2) is 11.5. The van der Waals surface area contributed by atoms with E-state index < -0.39 is 73.1 Å².